The quantitative estimate of drug-likeness (QED) is 0.856. The van der Waals surface area contributed by atoms with Gasteiger partial charge in [0.2, 0.25) is 0 Å². The van der Waals surface area contributed by atoms with E-state index in [1.165, 1.54) is 31.2 Å². The average molecular weight is 258 g/mol. The van der Waals surface area contributed by atoms with Crippen molar-refractivity contribution < 1.29 is 4.79 Å². The number of benzene rings is 1. The van der Waals surface area contributed by atoms with Gasteiger partial charge in [-0.1, -0.05) is 43.2 Å². The summed E-state index contributed by atoms with van der Waals surface area (Å²) < 4.78 is 0. The molecule has 0 heterocycles. The number of hydrogen-bond donors (Lipinski definition) is 2. The van der Waals surface area contributed by atoms with Crippen molar-refractivity contribution in [3.05, 3.63) is 35.9 Å². The van der Waals surface area contributed by atoms with E-state index in [0.717, 1.165) is 19.4 Å². The van der Waals surface area contributed by atoms with Crippen LogP contribution in [0.5, 0.6) is 0 Å². The summed E-state index contributed by atoms with van der Waals surface area (Å²) in [6.45, 7) is 0.759. The van der Waals surface area contributed by atoms with Gasteiger partial charge in [-0.3, -0.25) is 0 Å². The number of rotatable bonds is 4. The molecule has 3 nitrogen and oxygen atoms in total. The van der Waals surface area contributed by atoms with Crippen LogP contribution in [0.1, 0.15) is 44.1 Å². The molecule has 0 atom stereocenters. The molecule has 1 aromatic carbocycles. The second-order valence-electron chi connectivity index (χ2n) is 5.95. The Morgan fingerprint density at radius 1 is 1.16 bits per heavy atom. The van der Waals surface area contributed by atoms with Gasteiger partial charge in [0, 0.05) is 18.0 Å². The molecule has 0 saturated heterocycles. The molecule has 0 unspecified atom stereocenters. The van der Waals surface area contributed by atoms with Gasteiger partial charge in [-0.05, 0) is 31.2 Å². The first kappa shape index (κ1) is 12.5. The maximum absolute atomic E-state index is 11.9. The predicted molar refractivity (Wildman–Crippen MR) is 76.1 cm³/mol. The Morgan fingerprint density at radius 3 is 2.47 bits per heavy atom. The minimum absolute atomic E-state index is 0.00843. The zero-order valence-electron chi connectivity index (χ0n) is 11.3. The lowest BCUT2D eigenvalue weighted by molar-refractivity contribution is 0.236. The van der Waals surface area contributed by atoms with E-state index in [2.05, 4.69) is 34.9 Å². The lowest BCUT2D eigenvalue weighted by Crippen LogP contribution is -2.43. The molecule has 0 aliphatic heterocycles. The van der Waals surface area contributed by atoms with E-state index in [9.17, 15) is 4.79 Å². The van der Waals surface area contributed by atoms with Crippen molar-refractivity contribution >= 4 is 6.03 Å². The van der Waals surface area contributed by atoms with Gasteiger partial charge in [-0.2, -0.15) is 0 Å². The summed E-state index contributed by atoms with van der Waals surface area (Å²) in [5, 5.41) is 6.14. The molecule has 0 radical (unpaired) electrons. The van der Waals surface area contributed by atoms with Crippen molar-refractivity contribution in [2.24, 2.45) is 0 Å². The standard InChI is InChI=1S/C16H22N2O/c19-15(18-14-8-4-5-9-14)17-12-16(10-11-16)13-6-2-1-3-7-13/h1-3,6-7,14H,4-5,8-12H2,(H2,17,18,19). The number of carbonyl (C=O) groups excluding carboxylic acids is 1. The van der Waals surface area contributed by atoms with Crippen LogP contribution in [-0.4, -0.2) is 18.6 Å². The second kappa shape index (κ2) is 5.24. The normalized spacial score (nSPS) is 21.1. The maximum Gasteiger partial charge on any atom is 0.315 e. The number of nitrogens with one attached hydrogen (secondary N) is 2. The summed E-state index contributed by atoms with van der Waals surface area (Å²) in [7, 11) is 0. The average Bonchev–Trinajstić information content (AvgIpc) is 3.08. The van der Waals surface area contributed by atoms with E-state index in [-0.39, 0.29) is 11.4 Å². The number of amides is 2. The highest BCUT2D eigenvalue weighted by Crippen LogP contribution is 2.47. The first-order valence-corrected chi connectivity index (χ1v) is 7.38. The predicted octanol–water partition coefficient (Wildman–Crippen LogP) is 2.96. The molecular formula is C16H22N2O. The molecular weight excluding hydrogens is 236 g/mol. The van der Waals surface area contributed by atoms with E-state index < -0.39 is 0 Å². The molecule has 2 N–H and O–H groups in total. The molecule has 1 aromatic rings. The van der Waals surface area contributed by atoms with Crippen LogP contribution >= 0.6 is 0 Å². The van der Waals surface area contributed by atoms with Crippen LogP contribution in [-0.2, 0) is 5.41 Å². The summed E-state index contributed by atoms with van der Waals surface area (Å²) in [5.41, 5.74) is 1.56. The van der Waals surface area contributed by atoms with Crippen molar-refractivity contribution in [1.82, 2.24) is 10.6 Å². The second-order valence-corrected chi connectivity index (χ2v) is 5.95. The molecule has 0 spiro atoms. The minimum atomic E-state index is 0.00843. The van der Waals surface area contributed by atoms with Crippen LogP contribution in [0.3, 0.4) is 0 Å². The minimum Gasteiger partial charge on any atom is -0.337 e. The van der Waals surface area contributed by atoms with Crippen LogP contribution in [0.25, 0.3) is 0 Å². The number of urea groups is 1. The van der Waals surface area contributed by atoms with E-state index >= 15 is 0 Å². The van der Waals surface area contributed by atoms with Gasteiger partial charge in [0.05, 0.1) is 0 Å². The fourth-order valence-electron chi connectivity index (χ4n) is 3.07. The molecule has 3 rings (SSSR count). The van der Waals surface area contributed by atoms with Gasteiger partial charge >= 0.3 is 6.03 Å². The summed E-state index contributed by atoms with van der Waals surface area (Å²) in [6, 6.07) is 10.9. The largest absolute Gasteiger partial charge is 0.337 e. The molecule has 0 aromatic heterocycles. The third-order valence-corrected chi connectivity index (χ3v) is 4.52. The topological polar surface area (TPSA) is 41.1 Å². The van der Waals surface area contributed by atoms with E-state index in [1.807, 2.05) is 6.07 Å². The van der Waals surface area contributed by atoms with Gasteiger partial charge in [-0.15, -0.1) is 0 Å². The molecule has 3 heteroatoms. The van der Waals surface area contributed by atoms with Crippen LogP contribution in [0.15, 0.2) is 30.3 Å². The fourth-order valence-corrected chi connectivity index (χ4v) is 3.07. The Labute approximate surface area is 114 Å². The molecule has 19 heavy (non-hydrogen) atoms. The Morgan fingerprint density at radius 2 is 1.84 bits per heavy atom. The van der Waals surface area contributed by atoms with Gasteiger partial charge in [-0.25, -0.2) is 4.79 Å². The fraction of sp³-hybridized carbons (Fsp3) is 0.562. The van der Waals surface area contributed by atoms with Crippen molar-refractivity contribution in [3.8, 4) is 0 Å². The molecule has 2 amide bonds. The molecule has 2 aliphatic rings. The molecule has 0 bridgehead atoms. The molecule has 2 aliphatic carbocycles. The van der Waals surface area contributed by atoms with Crippen molar-refractivity contribution in [2.75, 3.05) is 6.54 Å². The third kappa shape index (κ3) is 2.91. The maximum atomic E-state index is 11.9. The van der Waals surface area contributed by atoms with Crippen molar-refractivity contribution in [1.29, 1.82) is 0 Å². The smallest absolute Gasteiger partial charge is 0.315 e. The number of hydrogen-bond acceptors (Lipinski definition) is 1. The summed E-state index contributed by atoms with van der Waals surface area (Å²) in [4.78, 5) is 11.9. The monoisotopic (exact) mass is 258 g/mol. The zero-order chi connectivity index (χ0) is 13.1. The van der Waals surface area contributed by atoms with E-state index in [0.29, 0.717) is 6.04 Å². The van der Waals surface area contributed by atoms with Crippen molar-refractivity contribution in [3.63, 3.8) is 0 Å². The summed E-state index contributed by atoms with van der Waals surface area (Å²) in [5.74, 6) is 0. The Kier molecular flexibility index (Phi) is 3.45. The lowest BCUT2D eigenvalue weighted by atomic mass is 9.96. The highest BCUT2D eigenvalue weighted by Gasteiger charge is 2.44. The van der Waals surface area contributed by atoms with Crippen molar-refractivity contribution in [2.45, 2.75) is 50.0 Å². The highest BCUT2D eigenvalue weighted by molar-refractivity contribution is 5.74. The first-order valence-electron chi connectivity index (χ1n) is 7.38. The zero-order valence-corrected chi connectivity index (χ0v) is 11.3. The first-order chi connectivity index (χ1) is 9.28. The Hall–Kier alpha value is -1.51. The third-order valence-electron chi connectivity index (χ3n) is 4.52. The lowest BCUT2D eigenvalue weighted by Gasteiger charge is -2.18. The molecule has 102 valence electrons. The van der Waals surface area contributed by atoms with Gasteiger partial charge in [0.25, 0.3) is 0 Å². The van der Waals surface area contributed by atoms with Gasteiger partial charge < -0.3 is 10.6 Å². The van der Waals surface area contributed by atoms with Crippen LogP contribution in [0.2, 0.25) is 0 Å². The summed E-state index contributed by atoms with van der Waals surface area (Å²) in [6.07, 6.45) is 7.13. The molecule has 2 saturated carbocycles. The highest BCUT2D eigenvalue weighted by atomic mass is 16.2. The Balaban J connectivity index is 1.50. The van der Waals surface area contributed by atoms with Crippen LogP contribution < -0.4 is 10.6 Å². The van der Waals surface area contributed by atoms with Crippen LogP contribution in [0.4, 0.5) is 4.79 Å². The van der Waals surface area contributed by atoms with Gasteiger partial charge in [0.15, 0.2) is 0 Å². The number of carbonyl (C=O) groups is 1. The van der Waals surface area contributed by atoms with E-state index in [1.54, 1.807) is 0 Å². The van der Waals surface area contributed by atoms with Crippen LogP contribution in [0, 0.1) is 0 Å². The van der Waals surface area contributed by atoms with E-state index in [4.69, 9.17) is 0 Å². The SMILES string of the molecule is O=C(NCC1(c2ccccc2)CC1)NC1CCCC1. The Bertz CT molecular complexity index is 433. The molecule has 2 fully saturated rings. The van der Waals surface area contributed by atoms with Gasteiger partial charge in [0.1, 0.15) is 0 Å². The summed E-state index contributed by atoms with van der Waals surface area (Å²) >= 11 is 0.